The Balaban J connectivity index is 1.98. The van der Waals surface area contributed by atoms with Crippen molar-refractivity contribution in [3.8, 4) is 22.4 Å². The van der Waals surface area contributed by atoms with Gasteiger partial charge in [-0.05, 0) is 48.0 Å². The molecule has 8 heteroatoms. The predicted octanol–water partition coefficient (Wildman–Crippen LogP) is 5.34. The van der Waals surface area contributed by atoms with E-state index in [0.717, 1.165) is 5.56 Å². The van der Waals surface area contributed by atoms with Gasteiger partial charge in [0.15, 0.2) is 0 Å². The van der Waals surface area contributed by atoms with Crippen LogP contribution in [0.5, 0.6) is 0 Å². The van der Waals surface area contributed by atoms with Crippen LogP contribution in [0, 0.1) is 5.82 Å². The van der Waals surface area contributed by atoms with Crippen LogP contribution in [-0.2, 0) is 11.3 Å². The molecule has 1 amide bonds. The van der Waals surface area contributed by atoms with E-state index in [1.165, 1.54) is 17.9 Å². The number of benzene rings is 2. The largest absolute Gasteiger partial charge is 0.337 e. The number of nitrogens with zero attached hydrogens (tertiary/aromatic N) is 3. The van der Waals surface area contributed by atoms with Crippen molar-refractivity contribution >= 4 is 29.1 Å². The fourth-order valence-corrected chi connectivity index (χ4v) is 3.56. The second-order valence-electron chi connectivity index (χ2n) is 6.76. The third-order valence-electron chi connectivity index (χ3n) is 4.79. The Morgan fingerprint density at radius 2 is 1.87 bits per heavy atom. The Morgan fingerprint density at radius 1 is 1.13 bits per heavy atom. The van der Waals surface area contributed by atoms with Gasteiger partial charge in [-0.15, -0.1) is 0 Å². The van der Waals surface area contributed by atoms with E-state index < -0.39 is 5.82 Å². The molecule has 0 saturated carbocycles. The fraction of sp³-hybridized carbons (Fsp3) is 0.0870. The number of para-hydroxylation sites is 1. The molecule has 4 aromatic rings. The number of pyridine rings is 1. The lowest BCUT2D eigenvalue weighted by molar-refractivity contribution is -0.116. The Labute approximate surface area is 183 Å². The van der Waals surface area contributed by atoms with Gasteiger partial charge in [0.1, 0.15) is 11.5 Å². The smallest absolute Gasteiger partial charge is 0.247 e. The molecule has 0 spiro atoms. The zero-order valence-electron chi connectivity index (χ0n) is 16.5. The topological polar surface area (TPSA) is 85.2 Å². The van der Waals surface area contributed by atoms with Crippen LogP contribution in [0.15, 0.2) is 71.5 Å². The standard InChI is InChI=1S/C23H18ClFN4O2/c1-14(30)29(20-5-3-2-4-18(20)24)23-21(15-8-10-27-11-9-15)22(28-31-23)16-6-7-19(25)17(12-16)13-26/h2-12H,13,26H2,1H3. The second kappa shape index (κ2) is 8.67. The number of amides is 1. The molecule has 0 aliphatic heterocycles. The Bertz CT molecular complexity index is 1240. The number of halogens is 2. The summed E-state index contributed by atoms with van der Waals surface area (Å²) in [6.07, 6.45) is 3.25. The molecule has 6 nitrogen and oxygen atoms in total. The molecule has 2 heterocycles. The van der Waals surface area contributed by atoms with Crippen molar-refractivity contribution in [3.63, 3.8) is 0 Å². The van der Waals surface area contributed by atoms with Gasteiger partial charge in [-0.3, -0.25) is 9.78 Å². The number of hydrogen-bond acceptors (Lipinski definition) is 5. The van der Waals surface area contributed by atoms with Crippen LogP contribution in [0.25, 0.3) is 22.4 Å². The summed E-state index contributed by atoms with van der Waals surface area (Å²) in [7, 11) is 0. The molecule has 0 radical (unpaired) electrons. The molecule has 31 heavy (non-hydrogen) atoms. The van der Waals surface area contributed by atoms with E-state index in [9.17, 15) is 9.18 Å². The van der Waals surface area contributed by atoms with Crippen LogP contribution < -0.4 is 10.6 Å². The van der Waals surface area contributed by atoms with Crippen LogP contribution in [0.4, 0.5) is 16.0 Å². The van der Waals surface area contributed by atoms with Crippen molar-refractivity contribution in [3.05, 3.63) is 83.4 Å². The van der Waals surface area contributed by atoms with Crippen LogP contribution in [-0.4, -0.2) is 16.0 Å². The maximum absolute atomic E-state index is 14.0. The minimum atomic E-state index is -0.401. The van der Waals surface area contributed by atoms with Crippen LogP contribution in [0.2, 0.25) is 5.02 Å². The number of anilines is 2. The maximum Gasteiger partial charge on any atom is 0.247 e. The molecule has 2 aromatic carbocycles. The Kier molecular flexibility index (Phi) is 5.79. The molecule has 0 bridgehead atoms. The first-order valence-corrected chi connectivity index (χ1v) is 9.83. The summed E-state index contributed by atoms with van der Waals surface area (Å²) in [5.74, 6) is -0.518. The van der Waals surface area contributed by atoms with E-state index in [2.05, 4.69) is 10.1 Å². The summed E-state index contributed by atoms with van der Waals surface area (Å²) in [5, 5.41) is 4.61. The minimum absolute atomic E-state index is 0.0359. The number of carbonyl (C=O) groups excluding carboxylic acids is 1. The number of nitrogens with two attached hydrogens (primary N) is 1. The summed E-state index contributed by atoms with van der Waals surface area (Å²) >= 11 is 6.37. The molecule has 0 saturated heterocycles. The lowest BCUT2D eigenvalue weighted by Gasteiger charge is -2.20. The summed E-state index contributed by atoms with van der Waals surface area (Å²) in [6, 6.07) is 15.0. The third-order valence-corrected chi connectivity index (χ3v) is 5.11. The van der Waals surface area contributed by atoms with Crippen molar-refractivity contribution < 1.29 is 13.7 Å². The highest BCUT2D eigenvalue weighted by Gasteiger charge is 2.28. The minimum Gasteiger partial charge on any atom is -0.337 e. The van der Waals surface area contributed by atoms with E-state index in [1.807, 2.05) is 0 Å². The highest BCUT2D eigenvalue weighted by molar-refractivity contribution is 6.34. The van der Waals surface area contributed by atoms with Gasteiger partial charge in [0.05, 0.1) is 16.3 Å². The first-order chi connectivity index (χ1) is 15.0. The average molecular weight is 437 g/mol. The number of carbonyl (C=O) groups is 1. The van der Waals surface area contributed by atoms with Crippen LogP contribution >= 0.6 is 11.6 Å². The van der Waals surface area contributed by atoms with Gasteiger partial charge in [-0.25, -0.2) is 9.29 Å². The van der Waals surface area contributed by atoms with Crippen LogP contribution in [0.1, 0.15) is 12.5 Å². The third kappa shape index (κ3) is 3.93. The van der Waals surface area contributed by atoms with Gasteiger partial charge in [-0.2, -0.15) is 0 Å². The first-order valence-electron chi connectivity index (χ1n) is 9.45. The first kappa shape index (κ1) is 20.7. The molecule has 0 fully saturated rings. The van der Waals surface area contributed by atoms with Gasteiger partial charge in [0.25, 0.3) is 0 Å². The van der Waals surface area contributed by atoms with Crippen molar-refractivity contribution in [2.75, 3.05) is 4.90 Å². The van der Waals surface area contributed by atoms with E-state index in [4.69, 9.17) is 21.9 Å². The van der Waals surface area contributed by atoms with Gasteiger partial charge < -0.3 is 10.3 Å². The number of aromatic nitrogens is 2. The summed E-state index contributed by atoms with van der Waals surface area (Å²) in [4.78, 5) is 18.1. The molecule has 156 valence electrons. The number of hydrogen-bond donors (Lipinski definition) is 1. The summed E-state index contributed by atoms with van der Waals surface area (Å²) in [5.41, 5.74) is 8.78. The summed E-state index contributed by atoms with van der Waals surface area (Å²) < 4.78 is 19.7. The average Bonchev–Trinajstić information content (AvgIpc) is 3.20. The highest BCUT2D eigenvalue weighted by atomic mass is 35.5. The maximum atomic E-state index is 14.0. The molecular formula is C23H18ClFN4O2. The number of rotatable bonds is 5. The molecular weight excluding hydrogens is 419 g/mol. The van der Waals surface area contributed by atoms with E-state index in [0.29, 0.717) is 33.1 Å². The molecule has 0 atom stereocenters. The SMILES string of the molecule is CC(=O)N(c1ccccc1Cl)c1onc(-c2ccc(F)c(CN)c2)c1-c1ccncc1. The van der Waals surface area contributed by atoms with E-state index >= 15 is 0 Å². The van der Waals surface area contributed by atoms with E-state index in [1.54, 1.807) is 60.9 Å². The zero-order valence-corrected chi connectivity index (χ0v) is 17.3. The lowest BCUT2D eigenvalue weighted by atomic mass is 9.99. The lowest BCUT2D eigenvalue weighted by Crippen LogP contribution is -2.23. The normalized spacial score (nSPS) is 10.8. The van der Waals surface area contributed by atoms with Crippen molar-refractivity contribution in [2.45, 2.75) is 13.5 Å². The fourth-order valence-electron chi connectivity index (χ4n) is 3.34. The molecule has 0 aliphatic carbocycles. The molecule has 4 rings (SSSR count). The predicted molar refractivity (Wildman–Crippen MR) is 117 cm³/mol. The second-order valence-corrected chi connectivity index (χ2v) is 7.17. The zero-order chi connectivity index (χ0) is 22.0. The molecule has 2 aromatic heterocycles. The monoisotopic (exact) mass is 436 g/mol. The quantitative estimate of drug-likeness (QED) is 0.456. The Hall–Kier alpha value is -3.55. The Morgan fingerprint density at radius 3 is 2.55 bits per heavy atom. The van der Waals surface area contributed by atoms with Crippen molar-refractivity contribution in [2.24, 2.45) is 5.73 Å². The van der Waals surface area contributed by atoms with Crippen molar-refractivity contribution in [1.82, 2.24) is 10.1 Å². The molecule has 0 unspecified atom stereocenters. The van der Waals surface area contributed by atoms with Gasteiger partial charge in [0, 0.05) is 37.0 Å². The van der Waals surface area contributed by atoms with Gasteiger partial charge in [-0.1, -0.05) is 28.9 Å². The van der Waals surface area contributed by atoms with Gasteiger partial charge >= 0.3 is 0 Å². The molecule has 2 N–H and O–H groups in total. The van der Waals surface area contributed by atoms with Crippen molar-refractivity contribution in [1.29, 1.82) is 0 Å². The van der Waals surface area contributed by atoms with E-state index in [-0.39, 0.29) is 18.3 Å². The highest BCUT2D eigenvalue weighted by Crippen LogP contribution is 2.43. The summed E-state index contributed by atoms with van der Waals surface area (Å²) in [6.45, 7) is 1.44. The van der Waals surface area contributed by atoms with Crippen LogP contribution in [0.3, 0.4) is 0 Å². The molecule has 0 aliphatic rings. The van der Waals surface area contributed by atoms with Gasteiger partial charge in [0.2, 0.25) is 11.8 Å².